The van der Waals surface area contributed by atoms with Gasteiger partial charge in [-0.2, -0.15) is 0 Å². The molecular weight excluding hydrogens is 439 g/mol. The molecule has 2 rings (SSSR count). The molecule has 2 aromatic heterocycles. The van der Waals surface area contributed by atoms with Crippen molar-refractivity contribution in [3.05, 3.63) is 54.0 Å². The topological polar surface area (TPSA) is 65.4 Å². The van der Waals surface area contributed by atoms with Crippen molar-refractivity contribution < 1.29 is 0 Å². The second-order valence-corrected chi connectivity index (χ2v) is 5.62. The molecular formula is C19H29IN6. The van der Waals surface area contributed by atoms with Crippen LogP contribution in [0.4, 0.5) is 5.82 Å². The minimum absolute atomic E-state index is 0. The molecule has 2 heterocycles. The molecule has 2 aromatic rings. The number of aliphatic imine (C=N–C) groups is 1. The minimum atomic E-state index is 0. The van der Waals surface area contributed by atoms with Crippen LogP contribution in [0.2, 0.25) is 0 Å². The van der Waals surface area contributed by atoms with Crippen LogP contribution in [0, 0.1) is 0 Å². The molecule has 0 fully saturated rings. The normalized spacial score (nSPS) is 10.8. The molecule has 7 heteroatoms. The summed E-state index contributed by atoms with van der Waals surface area (Å²) in [5.74, 6) is 1.80. The lowest BCUT2D eigenvalue weighted by Crippen LogP contribution is -2.38. The van der Waals surface area contributed by atoms with Gasteiger partial charge in [-0.3, -0.25) is 9.98 Å². The van der Waals surface area contributed by atoms with E-state index in [9.17, 15) is 0 Å². The lowest BCUT2D eigenvalue weighted by atomic mass is 10.2. The number of nitrogens with one attached hydrogen (secondary N) is 2. The number of aromatic nitrogens is 2. The Labute approximate surface area is 173 Å². The van der Waals surface area contributed by atoms with Crippen LogP contribution in [0.3, 0.4) is 0 Å². The average Bonchev–Trinajstić information content (AvgIpc) is 2.67. The van der Waals surface area contributed by atoms with Gasteiger partial charge in [0.25, 0.3) is 0 Å². The van der Waals surface area contributed by atoms with Crippen LogP contribution in [0.1, 0.15) is 25.1 Å². The van der Waals surface area contributed by atoms with Gasteiger partial charge < -0.3 is 15.5 Å². The third-order valence-corrected chi connectivity index (χ3v) is 3.98. The predicted molar refractivity (Wildman–Crippen MR) is 119 cm³/mol. The lowest BCUT2D eigenvalue weighted by molar-refractivity contribution is 0.781. The summed E-state index contributed by atoms with van der Waals surface area (Å²) in [5.41, 5.74) is 2.20. The highest BCUT2D eigenvalue weighted by Gasteiger charge is 2.04. The quantitative estimate of drug-likeness (QED) is 0.355. The zero-order valence-electron chi connectivity index (χ0n) is 15.8. The molecule has 142 valence electrons. The predicted octanol–water partition coefficient (Wildman–Crippen LogP) is 2.85. The Hall–Kier alpha value is -1.90. The summed E-state index contributed by atoms with van der Waals surface area (Å²) in [6.07, 6.45) is 4.60. The van der Waals surface area contributed by atoms with E-state index in [1.807, 2.05) is 30.6 Å². The summed E-state index contributed by atoms with van der Waals surface area (Å²) >= 11 is 0. The second-order valence-electron chi connectivity index (χ2n) is 5.62. The molecule has 26 heavy (non-hydrogen) atoms. The standard InChI is InChI=1S/C19H28N6.HI/c1-4-25(5-2)18-10-9-16(14-23-18)15-24-19(20-3)22-13-11-17-8-6-7-12-21-17;/h6-10,12,14H,4-5,11,13,15H2,1-3H3,(H2,20,22,24);1H. The molecule has 0 bridgehead atoms. The van der Waals surface area contributed by atoms with Crippen molar-refractivity contribution >= 4 is 35.8 Å². The van der Waals surface area contributed by atoms with E-state index in [0.717, 1.165) is 49.1 Å². The van der Waals surface area contributed by atoms with Crippen LogP contribution in [0.25, 0.3) is 0 Å². The summed E-state index contributed by atoms with van der Waals surface area (Å²) in [6.45, 7) is 7.69. The Morgan fingerprint density at radius 2 is 1.88 bits per heavy atom. The van der Waals surface area contributed by atoms with Gasteiger partial charge in [0.2, 0.25) is 0 Å². The van der Waals surface area contributed by atoms with E-state index >= 15 is 0 Å². The van der Waals surface area contributed by atoms with Crippen molar-refractivity contribution in [3.63, 3.8) is 0 Å². The number of guanidine groups is 1. The molecule has 0 saturated heterocycles. The monoisotopic (exact) mass is 468 g/mol. The van der Waals surface area contributed by atoms with Crippen molar-refractivity contribution in [1.82, 2.24) is 20.6 Å². The summed E-state index contributed by atoms with van der Waals surface area (Å²) in [5, 5.41) is 6.62. The number of nitrogens with zero attached hydrogens (tertiary/aromatic N) is 4. The molecule has 2 N–H and O–H groups in total. The van der Waals surface area contributed by atoms with E-state index < -0.39 is 0 Å². The van der Waals surface area contributed by atoms with Crippen LogP contribution >= 0.6 is 24.0 Å². The smallest absolute Gasteiger partial charge is 0.191 e. The number of pyridine rings is 2. The minimum Gasteiger partial charge on any atom is -0.357 e. The highest BCUT2D eigenvalue weighted by Crippen LogP contribution is 2.10. The molecule has 0 spiro atoms. The highest BCUT2D eigenvalue weighted by atomic mass is 127. The second kappa shape index (κ2) is 12.5. The molecule has 0 radical (unpaired) electrons. The van der Waals surface area contributed by atoms with Crippen LogP contribution < -0.4 is 15.5 Å². The van der Waals surface area contributed by atoms with E-state index in [4.69, 9.17) is 0 Å². The number of hydrogen-bond acceptors (Lipinski definition) is 4. The Morgan fingerprint density at radius 3 is 2.46 bits per heavy atom. The first-order valence-electron chi connectivity index (χ1n) is 8.81. The van der Waals surface area contributed by atoms with Gasteiger partial charge in [-0.25, -0.2) is 4.98 Å². The van der Waals surface area contributed by atoms with Crippen LogP contribution in [0.15, 0.2) is 47.7 Å². The van der Waals surface area contributed by atoms with E-state index in [0.29, 0.717) is 6.54 Å². The Bertz CT molecular complexity index is 641. The van der Waals surface area contributed by atoms with Gasteiger partial charge in [-0.15, -0.1) is 24.0 Å². The molecule has 0 unspecified atom stereocenters. The first-order chi connectivity index (χ1) is 12.3. The largest absolute Gasteiger partial charge is 0.357 e. The molecule has 0 aliphatic carbocycles. The maximum absolute atomic E-state index is 4.54. The third-order valence-electron chi connectivity index (χ3n) is 3.98. The molecule has 0 saturated carbocycles. The van der Waals surface area contributed by atoms with E-state index in [-0.39, 0.29) is 24.0 Å². The SMILES string of the molecule is CCN(CC)c1ccc(CNC(=NC)NCCc2ccccn2)cn1.I. The van der Waals surface area contributed by atoms with Gasteiger partial charge in [-0.05, 0) is 37.6 Å². The number of anilines is 1. The first-order valence-corrected chi connectivity index (χ1v) is 8.81. The Kier molecular flexibility index (Phi) is 10.6. The third kappa shape index (κ3) is 7.15. The fourth-order valence-corrected chi connectivity index (χ4v) is 2.52. The maximum Gasteiger partial charge on any atom is 0.191 e. The van der Waals surface area contributed by atoms with Crippen molar-refractivity contribution in [2.75, 3.05) is 31.6 Å². The maximum atomic E-state index is 4.54. The Balaban J connectivity index is 0.00000338. The van der Waals surface area contributed by atoms with Crippen molar-refractivity contribution in [2.24, 2.45) is 4.99 Å². The Morgan fingerprint density at radius 1 is 1.08 bits per heavy atom. The van der Waals surface area contributed by atoms with Gasteiger partial charge in [0.15, 0.2) is 5.96 Å². The first kappa shape index (κ1) is 22.1. The summed E-state index contributed by atoms with van der Waals surface area (Å²) in [4.78, 5) is 15.3. The van der Waals surface area contributed by atoms with Crippen LogP contribution in [0.5, 0.6) is 0 Å². The van der Waals surface area contributed by atoms with Gasteiger partial charge in [0.05, 0.1) is 0 Å². The summed E-state index contributed by atoms with van der Waals surface area (Å²) in [7, 11) is 1.78. The lowest BCUT2D eigenvalue weighted by Gasteiger charge is -2.19. The molecule has 0 atom stereocenters. The summed E-state index contributed by atoms with van der Waals surface area (Å²) < 4.78 is 0. The van der Waals surface area contributed by atoms with Crippen molar-refractivity contribution in [3.8, 4) is 0 Å². The van der Waals surface area contributed by atoms with Crippen molar-refractivity contribution in [1.29, 1.82) is 0 Å². The highest BCUT2D eigenvalue weighted by molar-refractivity contribution is 14.0. The van der Waals surface area contributed by atoms with Gasteiger partial charge >= 0.3 is 0 Å². The molecule has 0 aromatic carbocycles. The number of halogens is 1. The number of hydrogen-bond donors (Lipinski definition) is 2. The van der Waals surface area contributed by atoms with Crippen LogP contribution in [-0.2, 0) is 13.0 Å². The van der Waals surface area contributed by atoms with Crippen molar-refractivity contribution in [2.45, 2.75) is 26.8 Å². The summed E-state index contributed by atoms with van der Waals surface area (Å²) in [6, 6.07) is 10.1. The van der Waals surface area contributed by atoms with E-state index in [1.165, 1.54) is 0 Å². The van der Waals surface area contributed by atoms with Gasteiger partial charge in [0.1, 0.15) is 5.82 Å². The van der Waals surface area contributed by atoms with E-state index in [2.05, 4.69) is 56.5 Å². The van der Waals surface area contributed by atoms with E-state index in [1.54, 1.807) is 7.05 Å². The van der Waals surface area contributed by atoms with Gasteiger partial charge in [0, 0.05) is 57.7 Å². The van der Waals surface area contributed by atoms with Crippen LogP contribution in [-0.4, -0.2) is 42.6 Å². The number of rotatable bonds is 8. The van der Waals surface area contributed by atoms with Gasteiger partial charge in [-0.1, -0.05) is 12.1 Å². The average molecular weight is 468 g/mol. The molecule has 0 aliphatic rings. The molecule has 0 amide bonds. The molecule has 6 nitrogen and oxygen atoms in total. The molecule has 0 aliphatic heterocycles. The zero-order valence-corrected chi connectivity index (χ0v) is 18.1. The fourth-order valence-electron chi connectivity index (χ4n) is 2.52. The fraction of sp³-hybridized carbons (Fsp3) is 0.421. The zero-order chi connectivity index (χ0) is 17.9.